The van der Waals surface area contributed by atoms with Crippen LogP contribution in [0.4, 0.5) is 0 Å². The molecule has 27 heavy (non-hydrogen) atoms. The molecular weight excluding hydrogens is 348 g/mol. The first-order valence-corrected chi connectivity index (χ1v) is 8.94. The van der Waals surface area contributed by atoms with E-state index in [4.69, 9.17) is 4.74 Å². The zero-order chi connectivity index (χ0) is 20.1. The van der Waals surface area contributed by atoms with Gasteiger partial charge in [0.1, 0.15) is 17.6 Å². The minimum atomic E-state index is -0.935. The standard InChI is InChI=1S/C21H24O6/c1-4-5-6-18(25)27-17(10-7-12(2)3)13-11-16(24)19-14(22)8-9-15(23)20(19)21(13)26/h7-9,11,17,22-23H,4-6,10H2,1-3H3/t17-/m1/s1. The summed E-state index contributed by atoms with van der Waals surface area (Å²) >= 11 is 0. The van der Waals surface area contributed by atoms with Gasteiger partial charge in [-0.3, -0.25) is 14.4 Å². The topological polar surface area (TPSA) is 101 Å². The number of esters is 1. The Morgan fingerprint density at radius 3 is 2.37 bits per heavy atom. The van der Waals surface area contributed by atoms with E-state index in [0.717, 1.165) is 30.2 Å². The Hall–Kier alpha value is -2.89. The number of phenolic OH excluding ortho intramolecular Hbond substituents is 2. The van der Waals surface area contributed by atoms with Gasteiger partial charge in [-0.2, -0.15) is 0 Å². The highest BCUT2D eigenvalue weighted by Crippen LogP contribution is 2.36. The van der Waals surface area contributed by atoms with E-state index in [1.807, 2.05) is 26.8 Å². The summed E-state index contributed by atoms with van der Waals surface area (Å²) < 4.78 is 5.48. The van der Waals surface area contributed by atoms with Crippen molar-refractivity contribution in [2.24, 2.45) is 0 Å². The molecule has 0 unspecified atom stereocenters. The van der Waals surface area contributed by atoms with Gasteiger partial charge in [-0.15, -0.1) is 0 Å². The number of Topliss-reactive ketones (excluding diaryl/α,β-unsaturated/α-hetero) is 1. The number of fused-ring (bicyclic) bond motifs is 1. The lowest BCUT2D eigenvalue weighted by molar-refractivity contribution is -0.147. The largest absolute Gasteiger partial charge is 0.507 e. The quantitative estimate of drug-likeness (QED) is 0.428. The Kier molecular flexibility index (Phi) is 6.55. The Morgan fingerprint density at radius 2 is 1.78 bits per heavy atom. The number of benzene rings is 1. The van der Waals surface area contributed by atoms with Crippen LogP contribution >= 0.6 is 0 Å². The molecule has 1 aliphatic carbocycles. The highest BCUT2D eigenvalue weighted by atomic mass is 16.5. The van der Waals surface area contributed by atoms with Gasteiger partial charge in [0.2, 0.25) is 0 Å². The highest BCUT2D eigenvalue weighted by molar-refractivity contribution is 6.27. The SMILES string of the molecule is CCCCC(=O)O[C@H](CC=C(C)C)C1=CC(=O)c2c(O)ccc(O)c2C1=O. The van der Waals surface area contributed by atoms with Crippen LogP contribution in [0.3, 0.4) is 0 Å². The molecule has 0 aliphatic heterocycles. The predicted molar refractivity (Wildman–Crippen MR) is 100.0 cm³/mol. The van der Waals surface area contributed by atoms with E-state index < -0.39 is 29.4 Å². The molecule has 6 nitrogen and oxygen atoms in total. The second-order valence-corrected chi connectivity index (χ2v) is 6.75. The van der Waals surface area contributed by atoms with Crippen LogP contribution in [0.25, 0.3) is 0 Å². The van der Waals surface area contributed by atoms with Crippen LogP contribution in [0.1, 0.15) is 67.2 Å². The fourth-order valence-corrected chi connectivity index (χ4v) is 2.84. The average Bonchev–Trinajstić information content (AvgIpc) is 2.61. The average molecular weight is 372 g/mol. The molecule has 0 heterocycles. The molecule has 0 fully saturated rings. The van der Waals surface area contributed by atoms with Crippen molar-refractivity contribution in [2.45, 2.75) is 52.6 Å². The van der Waals surface area contributed by atoms with Crippen molar-refractivity contribution in [3.8, 4) is 11.5 Å². The zero-order valence-corrected chi connectivity index (χ0v) is 15.7. The normalized spacial score (nSPS) is 14.3. The van der Waals surface area contributed by atoms with E-state index >= 15 is 0 Å². The van der Waals surface area contributed by atoms with Crippen molar-refractivity contribution in [1.29, 1.82) is 0 Å². The summed E-state index contributed by atoms with van der Waals surface area (Å²) in [7, 11) is 0. The van der Waals surface area contributed by atoms with Crippen LogP contribution in [0.5, 0.6) is 11.5 Å². The molecular formula is C21H24O6. The second kappa shape index (κ2) is 8.66. The fourth-order valence-electron chi connectivity index (χ4n) is 2.84. The predicted octanol–water partition coefficient (Wildman–Crippen LogP) is 3.86. The van der Waals surface area contributed by atoms with Crippen LogP contribution in [-0.2, 0) is 9.53 Å². The van der Waals surface area contributed by atoms with Crippen LogP contribution in [-0.4, -0.2) is 33.9 Å². The molecule has 0 aromatic heterocycles. The summed E-state index contributed by atoms with van der Waals surface area (Å²) in [6, 6.07) is 2.31. The molecule has 0 saturated carbocycles. The van der Waals surface area contributed by atoms with Crippen LogP contribution in [0, 0.1) is 0 Å². The lowest BCUT2D eigenvalue weighted by Crippen LogP contribution is -2.29. The summed E-state index contributed by atoms with van der Waals surface area (Å²) in [6.07, 6.45) is 3.91. The van der Waals surface area contributed by atoms with Crippen molar-refractivity contribution < 1.29 is 29.3 Å². The first-order chi connectivity index (χ1) is 12.8. The fraction of sp³-hybridized carbons (Fsp3) is 0.381. The van der Waals surface area contributed by atoms with Crippen molar-refractivity contribution >= 4 is 17.5 Å². The summed E-state index contributed by atoms with van der Waals surface area (Å²) in [6.45, 7) is 5.70. The number of carbonyl (C=O) groups excluding carboxylic acids is 3. The number of ketones is 2. The van der Waals surface area contributed by atoms with Crippen molar-refractivity contribution in [2.75, 3.05) is 0 Å². The molecule has 0 bridgehead atoms. The van der Waals surface area contributed by atoms with Gasteiger partial charge in [0, 0.05) is 18.4 Å². The van der Waals surface area contributed by atoms with Crippen molar-refractivity contribution in [3.05, 3.63) is 46.6 Å². The maximum Gasteiger partial charge on any atom is 0.306 e. The van der Waals surface area contributed by atoms with Gasteiger partial charge in [-0.05, 0) is 38.5 Å². The van der Waals surface area contributed by atoms with Gasteiger partial charge < -0.3 is 14.9 Å². The minimum Gasteiger partial charge on any atom is -0.507 e. The second-order valence-electron chi connectivity index (χ2n) is 6.75. The molecule has 0 amide bonds. The Bertz CT molecular complexity index is 827. The number of allylic oxidation sites excluding steroid dienone is 2. The molecule has 6 heteroatoms. The van der Waals surface area contributed by atoms with E-state index in [0.29, 0.717) is 6.42 Å². The lowest BCUT2D eigenvalue weighted by Gasteiger charge is -2.23. The van der Waals surface area contributed by atoms with E-state index in [1.165, 1.54) is 0 Å². The monoisotopic (exact) mass is 372 g/mol. The lowest BCUT2D eigenvalue weighted by atomic mass is 9.85. The number of phenols is 2. The van der Waals surface area contributed by atoms with Crippen LogP contribution in [0.2, 0.25) is 0 Å². The van der Waals surface area contributed by atoms with E-state index in [-0.39, 0.29) is 35.3 Å². The Balaban J connectivity index is 2.41. The number of aromatic hydroxyl groups is 2. The Morgan fingerprint density at radius 1 is 1.15 bits per heavy atom. The number of hydrogen-bond donors (Lipinski definition) is 2. The summed E-state index contributed by atoms with van der Waals surface area (Å²) in [4.78, 5) is 37.5. The third kappa shape index (κ3) is 4.64. The van der Waals surface area contributed by atoms with E-state index in [1.54, 1.807) is 0 Å². The molecule has 1 aliphatic rings. The van der Waals surface area contributed by atoms with Crippen LogP contribution in [0.15, 0.2) is 35.4 Å². The molecule has 2 rings (SSSR count). The molecule has 1 aromatic rings. The van der Waals surface area contributed by atoms with E-state index in [9.17, 15) is 24.6 Å². The third-order valence-electron chi connectivity index (χ3n) is 4.28. The van der Waals surface area contributed by atoms with Gasteiger partial charge in [-0.1, -0.05) is 25.0 Å². The summed E-state index contributed by atoms with van der Waals surface area (Å²) in [5.74, 6) is -2.47. The zero-order valence-electron chi connectivity index (χ0n) is 15.7. The number of carbonyl (C=O) groups is 3. The van der Waals surface area contributed by atoms with Crippen LogP contribution < -0.4 is 0 Å². The van der Waals surface area contributed by atoms with Gasteiger partial charge in [0.05, 0.1) is 11.1 Å². The number of ether oxygens (including phenoxy) is 1. The van der Waals surface area contributed by atoms with Gasteiger partial charge >= 0.3 is 5.97 Å². The maximum atomic E-state index is 12.9. The minimum absolute atomic E-state index is 0.00394. The smallest absolute Gasteiger partial charge is 0.306 e. The molecule has 0 spiro atoms. The molecule has 144 valence electrons. The summed E-state index contributed by atoms with van der Waals surface area (Å²) in [5, 5.41) is 20.0. The molecule has 2 N–H and O–H groups in total. The molecule has 0 radical (unpaired) electrons. The first-order valence-electron chi connectivity index (χ1n) is 8.94. The number of hydrogen-bond acceptors (Lipinski definition) is 6. The highest BCUT2D eigenvalue weighted by Gasteiger charge is 2.35. The number of unbranched alkanes of at least 4 members (excludes halogenated alkanes) is 1. The Labute approximate surface area is 158 Å². The van der Waals surface area contributed by atoms with E-state index in [2.05, 4.69) is 0 Å². The molecule has 0 saturated heterocycles. The van der Waals surface area contributed by atoms with Crippen molar-refractivity contribution in [1.82, 2.24) is 0 Å². The van der Waals surface area contributed by atoms with Gasteiger partial charge in [-0.25, -0.2) is 0 Å². The van der Waals surface area contributed by atoms with Gasteiger partial charge in [0.15, 0.2) is 11.6 Å². The van der Waals surface area contributed by atoms with Gasteiger partial charge in [0.25, 0.3) is 0 Å². The van der Waals surface area contributed by atoms with Crippen molar-refractivity contribution in [3.63, 3.8) is 0 Å². The molecule has 1 aromatic carbocycles. The molecule has 1 atom stereocenters. The maximum absolute atomic E-state index is 12.9. The third-order valence-corrected chi connectivity index (χ3v) is 4.28. The summed E-state index contributed by atoms with van der Waals surface area (Å²) in [5.41, 5.74) is 0.475. The first kappa shape index (κ1) is 20.4. The number of rotatable bonds is 7.